The number of nitrogens with zero attached hydrogens (tertiary/aromatic N) is 2. The van der Waals surface area contributed by atoms with E-state index >= 15 is 0 Å². The van der Waals surface area contributed by atoms with Crippen LogP contribution in [-0.4, -0.2) is 39.8 Å². The second-order valence-electron chi connectivity index (χ2n) is 4.56. The molecule has 2 aromatic rings. The molecular formula is C14H15Cl2N3O3. The van der Waals surface area contributed by atoms with E-state index in [9.17, 15) is 9.90 Å². The van der Waals surface area contributed by atoms with Crippen molar-refractivity contribution in [2.75, 3.05) is 13.2 Å². The number of nitrogens with one attached hydrogen (secondary N) is 1. The number of aliphatic hydroxyl groups is 1. The molecule has 0 saturated heterocycles. The highest BCUT2D eigenvalue weighted by atomic mass is 35.5. The maximum Gasteiger partial charge on any atom is 0.240 e. The van der Waals surface area contributed by atoms with E-state index < -0.39 is 6.10 Å². The first-order valence-corrected chi connectivity index (χ1v) is 7.29. The van der Waals surface area contributed by atoms with Crippen LogP contribution in [0.1, 0.15) is 0 Å². The maximum atomic E-state index is 11.6. The zero-order chi connectivity index (χ0) is 15.9. The summed E-state index contributed by atoms with van der Waals surface area (Å²) in [5.41, 5.74) is 0. The summed E-state index contributed by atoms with van der Waals surface area (Å²) in [5, 5.41) is 13.1. The van der Waals surface area contributed by atoms with Crippen LogP contribution in [0.15, 0.2) is 36.9 Å². The van der Waals surface area contributed by atoms with Crippen molar-refractivity contribution >= 4 is 29.1 Å². The lowest BCUT2D eigenvalue weighted by molar-refractivity contribution is -0.122. The third-order valence-electron chi connectivity index (χ3n) is 2.77. The molecule has 6 nitrogen and oxygen atoms in total. The average molecular weight is 344 g/mol. The highest BCUT2D eigenvalue weighted by molar-refractivity contribution is 6.42. The highest BCUT2D eigenvalue weighted by Crippen LogP contribution is 2.31. The molecule has 0 unspecified atom stereocenters. The summed E-state index contributed by atoms with van der Waals surface area (Å²) in [6, 6.07) is 4.99. The molecular weight excluding hydrogens is 329 g/mol. The van der Waals surface area contributed by atoms with Crippen molar-refractivity contribution in [2.24, 2.45) is 0 Å². The van der Waals surface area contributed by atoms with Gasteiger partial charge in [-0.2, -0.15) is 0 Å². The Morgan fingerprint density at radius 2 is 2.27 bits per heavy atom. The molecule has 1 amide bonds. The van der Waals surface area contributed by atoms with E-state index in [1.165, 1.54) is 0 Å². The lowest BCUT2D eigenvalue weighted by Gasteiger charge is -2.14. The maximum absolute atomic E-state index is 11.6. The minimum absolute atomic E-state index is 0.00851. The van der Waals surface area contributed by atoms with Gasteiger partial charge in [0.25, 0.3) is 0 Å². The van der Waals surface area contributed by atoms with E-state index in [2.05, 4.69) is 10.3 Å². The van der Waals surface area contributed by atoms with E-state index in [1.807, 2.05) is 0 Å². The largest absolute Gasteiger partial charge is 0.489 e. The quantitative estimate of drug-likeness (QED) is 0.802. The van der Waals surface area contributed by atoms with Crippen LogP contribution in [0.3, 0.4) is 0 Å². The Morgan fingerprint density at radius 1 is 1.45 bits per heavy atom. The second kappa shape index (κ2) is 8.03. The molecule has 1 heterocycles. The predicted molar refractivity (Wildman–Crippen MR) is 83.2 cm³/mol. The van der Waals surface area contributed by atoms with Crippen molar-refractivity contribution in [1.29, 1.82) is 0 Å². The fraction of sp³-hybridized carbons (Fsp3) is 0.286. The van der Waals surface area contributed by atoms with Gasteiger partial charge < -0.3 is 19.7 Å². The lowest BCUT2D eigenvalue weighted by Crippen LogP contribution is -2.36. The number of carbonyl (C=O) groups excluding carboxylic acids is 1. The summed E-state index contributed by atoms with van der Waals surface area (Å²) in [5.74, 6) is 0.163. The Kier molecular flexibility index (Phi) is 6.06. The van der Waals surface area contributed by atoms with E-state index in [-0.39, 0.29) is 25.6 Å². The van der Waals surface area contributed by atoms with Crippen molar-refractivity contribution in [3.8, 4) is 5.75 Å². The van der Waals surface area contributed by atoms with E-state index in [1.54, 1.807) is 41.5 Å². The van der Waals surface area contributed by atoms with Crippen LogP contribution < -0.4 is 10.1 Å². The number of aromatic nitrogens is 2. The Hall–Kier alpha value is -1.76. The monoisotopic (exact) mass is 343 g/mol. The third-order valence-corrected chi connectivity index (χ3v) is 3.57. The molecule has 22 heavy (non-hydrogen) atoms. The van der Waals surface area contributed by atoms with Crippen molar-refractivity contribution < 1.29 is 14.6 Å². The number of halogens is 2. The topological polar surface area (TPSA) is 76.4 Å². The Morgan fingerprint density at radius 3 is 3.00 bits per heavy atom. The summed E-state index contributed by atoms with van der Waals surface area (Å²) >= 11 is 11.8. The van der Waals surface area contributed by atoms with E-state index in [0.717, 1.165) is 0 Å². The van der Waals surface area contributed by atoms with Gasteiger partial charge >= 0.3 is 0 Å². The van der Waals surface area contributed by atoms with Gasteiger partial charge in [0.05, 0.1) is 11.3 Å². The molecule has 0 aliphatic carbocycles. The van der Waals surface area contributed by atoms with Gasteiger partial charge in [0.1, 0.15) is 30.0 Å². The predicted octanol–water partition coefficient (Wildman–Crippen LogP) is 1.75. The summed E-state index contributed by atoms with van der Waals surface area (Å²) in [7, 11) is 0. The number of carbonyl (C=O) groups is 1. The van der Waals surface area contributed by atoms with E-state index in [4.69, 9.17) is 27.9 Å². The number of hydrogen-bond donors (Lipinski definition) is 2. The second-order valence-corrected chi connectivity index (χ2v) is 5.34. The minimum Gasteiger partial charge on any atom is -0.489 e. The summed E-state index contributed by atoms with van der Waals surface area (Å²) < 4.78 is 7.01. The van der Waals surface area contributed by atoms with Gasteiger partial charge in [-0.25, -0.2) is 4.98 Å². The molecule has 0 radical (unpaired) electrons. The van der Waals surface area contributed by atoms with Crippen LogP contribution in [0.2, 0.25) is 10.0 Å². The molecule has 1 aromatic carbocycles. The molecule has 1 aromatic heterocycles. The molecule has 0 aliphatic heterocycles. The van der Waals surface area contributed by atoms with Crippen LogP contribution in [0.5, 0.6) is 5.75 Å². The van der Waals surface area contributed by atoms with Gasteiger partial charge in [0.15, 0.2) is 0 Å². The fourth-order valence-corrected chi connectivity index (χ4v) is 2.02. The molecule has 0 bridgehead atoms. The zero-order valence-corrected chi connectivity index (χ0v) is 13.1. The molecule has 118 valence electrons. The summed E-state index contributed by atoms with van der Waals surface area (Å²) in [6.07, 6.45) is 3.95. The molecule has 8 heteroatoms. The first-order valence-electron chi connectivity index (χ1n) is 6.53. The Bertz CT molecular complexity index is 620. The standard InChI is InChI=1S/C14H15Cl2N3O3/c15-11-2-1-3-12(14(11)16)22-8-10(20)6-18-13(21)7-19-5-4-17-9-19/h1-5,9-10,20H,6-8H2,(H,18,21)/t10-/m1/s1. The number of imidazole rings is 1. The lowest BCUT2D eigenvalue weighted by atomic mass is 10.3. The van der Waals surface area contributed by atoms with Crippen molar-refractivity contribution in [2.45, 2.75) is 12.6 Å². The van der Waals surface area contributed by atoms with Crippen LogP contribution in [0.25, 0.3) is 0 Å². The van der Waals surface area contributed by atoms with Crippen molar-refractivity contribution in [3.05, 3.63) is 47.0 Å². The van der Waals surface area contributed by atoms with E-state index in [0.29, 0.717) is 15.8 Å². The summed E-state index contributed by atoms with van der Waals surface area (Å²) in [4.78, 5) is 15.5. The number of aliphatic hydroxyl groups excluding tert-OH is 1. The van der Waals surface area contributed by atoms with Crippen LogP contribution in [0, 0.1) is 0 Å². The third kappa shape index (κ3) is 4.91. The first kappa shape index (κ1) is 16.6. The van der Waals surface area contributed by atoms with Gasteiger partial charge in [-0.1, -0.05) is 29.3 Å². The first-order chi connectivity index (χ1) is 10.6. The van der Waals surface area contributed by atoms with Crippen LogP contribution >= 0.6 is 23.2 Å². The Labute approximate surface area is 137 Å². The van der Waals surface area contributed by atoms with Crippen molar-refractivity contribution in [1.82, 2.24) is 14.9 Å². The SMILES string of the molecule is O=C(Cn1ccnc1)NC[C@@H](O)COc1cccc(Cl)c1Cl. The van der Waals surface area contributed by atoms with Crippen LogP contribution in [-0.2, 0) is 11.3 Å². The van der Waals surface area contributed by atoms with Gasteiger partial charge in [0.2, 0.25) is 5.91 Å². The molecule has 0 spiro atoms. The Balaban J connectivity index is 1.72. The normalized spacial score (nSPS) is 12.0. The average Bonchev–Trinajstić information content (AvgIpc) is 2.99. The fourth-order valence-electron chi connectivity index (χ4n) is 1.67. The number of rotatable bonds is 7. The molecule has 0 fully saturated rings. The molecule has 2 rings (SSSR count). The number of amides is 1. The molecule has 2 N–H and O–H groups in total. The van der Waals surface area contributed by atoms with Gasteiger partial charge in [0, 0.05) is 18.9 Å². The molecule has 0 aliphatic rings. The minimum atomic E-state index is -0.859. The van der Waals surface area contributed by atoms with Crippen molar-refractivity contribution in [3.63, 3.8) is 0 Å². The number of benzene rings is 1. The summed E-state index contributed by atoms with van der Waals surface area (Å²) in [6.45, 7) is 0.213. The number of ether oxygens (including phenoxy) is 1. The van der Waals surface area contributed by atoms with Crippen LogP contribution in [0.4, 0.5) is 0 Å². The van der Waals surface area contributed by atoms with Gasteiger partial charge in [-0.05, 0) is 12.1 Å². The zero-order valence-electron chi connectivity index (χ0n) is 11.6. The van der Waals surface area contributed by atoms with Gasteiger partial charge in [-0.15, -0.1) is 0 Å². The highest BCUT2D eigenvalue weighted by Gasteiger charge is 2.11. The molecule has 1 atom stereocenters. The smallest absolute Gasteiger partial charge is 0.240 e. The molecule has 0 saturated carbocycles. The van der Waals surface area contributed by atoms with Gasteiger partial charge in [-0.3, -0.25) is 4.79 Å². The number of hydrogen-bond acceptors (Lipinski definition) is 4.